The number of carboxylic acid groups (broad SMARTS) is 1. The van der Waals surface area contributed by atoms with Gasteiger partial charge < -0.3 is 10.2 Å². The predicted molar refractivity (Wildman–Crippen MR) is 60.7 cm³/mol. The van der Waals surface area contributed by atoms with Crippen LogP contribution in [0.25, 0.3) is 0 Å². The molecule has 0 saturated heterocycles. The first-order chi connectivity index (χ1) is 7.44. The molecule has 16 heavy (non-hydrogen) atoms. The molecule has 0 aliphatic heterocycles. The maximum absolute atomic E-state index is 10.9. The molecule has 2 rings (SSSR count). The van der Waals surface area contributed by atoms with Crippen molar-refractivity contribution in [3.05, 3.63) is 28.8 Å². The van der Waals surface area contributed by atoms with E-state index in [-0.39, 0.29) is 17.6 Å². The van der Waals surface area contributed by atoms with Gasteiger partial charge in [-0.25, -0.2) is 0 Å². The van der Waals surface area contributed by atoms with Crippen LogP contribution < -0.4 is 0 Å². The third kappa shape index (κ3) is 1.77. The Morgan fingerprint density at radius 1 is 1.31 bits per heavy atom. The normalized spacial score (nSPS) is 17.1. The molecule has 86 valence electrons. The predicted octanol–water partition coefficient (Wildman–Crippen LogP) is 2.52. The Hall–Kier alpha value is -1.51. The lowest BCUT2D eigenvalue weighted by atomic mass is 9.85. The lowest BCUT2D eigenvalue weighted by Gasteiger charge is -2.19. The molecule has 0 atom stereocenters. The van der Waals surface area contributed by atoms with Crippen LogP contribution in [0.4, 0.5) is 0 Å². The summed E-state index contributed by atoms with van der Waals surface area (Å²) in [6.45, 7) is 3.87. The standard InChI is InChI=1S/C13H16O3/c1-8-5-10(14)6-9(2)12(8)13(3-4-13)7-11(15)16/h5-6,14H,3-4,7H2,1-2H3,(H,15,16). The zero-order chi connectivity index (χ0) is 11.9. The molecule has 0 radical (unpaired) electrons. The van der Waals surface area contributed by atoms with Gasteiger partial charge in [0.2, 0.25) is 0 Å². The van der Waals surface area contributed by atoms with E-state index in [2.05, 4.69) is 0 Å². The Labute approximate surface area is 94.7 Å². The third-order valence-corrected chi connectivity index (χ3v) is 3.39. The van der Waals surface area contributed by atoms with E-state index in [1.165, 1.54) is 0 Å². The van der Waals surface area contributed by atoms with Crippen LogP contribution in [0.2, 0.25) is 0 Å². The summed E-state index contributed by atoms with van der Waals surface area (Å²) in [5.74, 6) is -0.491. The van der Waals surface area contributed by atoms with Crippen molar-refractivity contribution in [2.24, 2.45) is 0 Å². The van der Waals surface area contributed by atoms with Crippen molar-refractivity contribution in [3.63, 3.8) is 0 Å². The molecule has 1 aliphatic carbocycles. The highest BCUT2D eigenvalue weighted by Gasteiger charge is 2.47. The second-order valence-electron chi connectivity index (χ2n) is 4.81. The van der Waals surface area contributed by atoms with Crippen LogP contribution >= 0.6 is 0 Å². The van der Waals surface area contributed by atoms with E-state index in [1.807, 2.05) is 13.8 Å². The van der Waals surface area contributed by atoms with Crippen LogP contribution in [-0.2, 0) is 10.2 Å². The summed E-state index contributed by atoms with van der Waals surface area (Å²) in [7, 11) is 0. The van der Waals surface area contributed by atoms with Gasteiger partial charge in [0, 0.05) is 5.41 Å². The first kappa shape index (κ1) is 11.0. The molecule has 1 fully saturated rings. The summed E-state index contributed by atoms with van der Waals surface area (Å²) >= 11 is 0. The topological polar surface area (TPSA) is 57.5 Å². The minimum absolute atomic E-state index is 0.173. The van der Waals surface area contributed by atoms with Crippen LogP contribution in [0, 0.1) is 13.8 Å². The molecule has 0 unspecified atom stereocenters. The maximum Gasteiger partial charge on any atom is 0.304 e. The molecule has 1 aliphatic rings. The fourth-order valence-corrected chi connectivity index (χ4v) is 2.73. The molecule has 3 nitrogen and oxygen atoms in total. The van der Waals surface area contributed by atoms with Crippen molar-refractivity contribution in [3.8, 4) is 5.75 Å². The molecule has 3 heteroatoms. The highest BCUT2D eigenvalue weighted by Crippen LogP contribution is 2.53. The van der Waals surface area contributed by atoms with Crippen LogP contribution in [0.15, 0.2) is 12.1 Å². The molecular weight excluding hydrogens is 204 g/mol. The van der Waals surface area contributed by atoms with Crippen LogP contribution in [0.3, 0.4) is 0 Å². The quantitative estimate of drug-likeness (QED) is 0.822. The summed E-state index contributed by atoms with van der Waals surface area (Å²) in [6.07, 6.45) is 2.07. The summed E-state index contributed by atoms with van der Waals surface area (Å²) in [5, 5.41) is 18.4. The van der Waals surface area contributed by atoms with Crippen molar-refractivity contribution >= 4 is 5.97 Å². The molecule has 0 spiro atoms. The number of carboxylic acids is 1. The van der Waals surface area contributed by atoms with E-state index < -0.39 is 5.97 Å². The van der Waals surface area contributed by atoms with Gasteiger partial charge in [0.25, 0.3) is 0 Å². The Kier molecular flexibility index (Phi) is 2.41. The molecule has 0 bridgehead atoms. The lowest BCUT2D eigenvalue weighted by Crippen LogP contribution is -2.15. The third-order valence-electron chi connectivity index (χ3n) is 3.39. The molecule has 0 heterocycles. The van der Waals surface area contributed by atoms with E-state index >= 15 is 0 Å². The van der Waals surface area contributed by atoms with E-state index in [0.717, 1.165) is 29.5 Å². The Balaban J connectivity index is 2.44. The summed E-state index contributed by atoms with van der Waals surface area (Å²) in [4.78, 5) is 10.9. The van der Waals surface area contributed by atoms with Crippen molar-refractivity contribution in [1.82, 2.24) is 0 Å². The largest absolute Gasteiger partial charge is 0.508 e. The van der Waals surface area contributed by atoms with Gasteiger partial charge >= 0.3 is 5.97 Å². The van der Waals surface area contributed by atoms with Crippen molar-refractivity contribution < 1.29 is 15.0 Å². The minimum atomic E-state index is -0.746. The number of rotatable bonds is 3. The van der Waals surface area contributed by atoms with Gasteiger partial charge in [-0.1, -0.05) is 0 Å². The van der Waals surface area contributed by atoms with Crippen LogP contribution in [-0.4, -0.2) is 16.2 Å². The summed E-state index contributed by atoms with van der Waals surface area (Å²) < 4.78 is 0. The van der Waals surface area contributed by atoms with E-state index in [4.69, 9.17) is 5.11 Å². The molecule has 2 N–H and O–H groups in total. The van der Waals surface area contributed by atoms with Gasteiger partial charge in [0.05, 0.1) is 6.42 Å². The number of aromatic hydroxyl groups is 1. The smallest absolute Gasteiger partial charge is 0.304 e. The molecule has 0 aromatic heterocycles. The zero-order valence-electron chi connectivity index (χ0n) is 9.58. The monoisotopic (exact) mass is 220 g/mol. The number of phenolic OH excluding ortho intramolecular Hbond substituents is 1. The number of phenols is 1. The molecule has 1 saturated carbocycles. The number of hydrogen-bond donors (Lipinski definition) is 2. The van der Waals surface area contributed by atoms with Gasteiger partial charge in [0.1, 0.15) is 5.75 Å². The van der Waals surface area contributed by atoms with Crippen LogP contribution in [0.5, 0.6) is 5.75 Å². The van der Waals surface area contributed by atoms with Gasteiger partial charge in [-0.3, -0.25) is 4.79 Å². The van der Waals surface area contributed by atoms with Gasteiger partial charge in [-0.05, 0) is 55.5 Å². The SMILES string of the molecule is Cc1cc(O)cc(C)c1C1(CC(=O)O)CC1. The van der Waals surface area contributed by atoms with Crippen molar-refractivity contribution in [1.29, 1.82) is 0 Å². The Morgan fingerprint density at radius 3 is 2.19 bits per heavy atom. The second-order valence-corrected chi connectivity index (χ2v) is 4.81. The lowest BCUT2D eigenvalue weighted by molar-refractivity contribution is -0.137. The van der Waals surface area contributed by atoms with Crippen LogP contribution in [0.1, 0.15) is 36.0 Å². The number of aliphatic carboxylic acids is 1. The zero-order valence-corrected chi connectivity index (χ0v) is 9.58. The highest BCUT2D eigenvalue weighted by molar-refractivity contribution is 5.70. The molecule has 1 aromatic rings. The van der Waals surface area contributed by atoms with E-state index in [9.17, 15) is 9.90 Å². The molecular formula is C13H16O3. The van der Waals surface area contributed by atoms with E-state index in [0.29, 0.717) is 0 Å². The fourth-order valence-electron chi connectivity index (χ4n) is 2.73. The van der Waals surface area contributed by atoms with Crippen molar-refractivity contribution in [2.75, 3.05) is 0 Å². The second kappa shape index (κ2) is 3.51. The maximum atomic E-state index is 10.9. The Bertz CT molecular complexity index is 421. The Morgan fingerprint density at radius 2 is 1.81 bits per heavy atom. The van der Waals surface area contributed by atoms with Gasteiger partial charge in [0.15, 0.2) is 0 Å². The first-order valence-corrected chi connectivity index (χ1v) is 5.47. The number of carbonyl (C=O) groups is 1. The van der Waals surface area contributed by atoms with E-state index in [1.54, 1.807) is 12.1 Å². The summed E-state index contributed by atoms with van der Waals surface area (Å²) in [6, 6.07) is 3.43. The highest BCUT2D eigenvalue weighted by atomic mass is 16.4. The minimum Gasteiger partial charge on any atom is -0.508 e. The number of benzene rings is 1. The van der Waals surface area contributed by atoms with Gasteiger partial charge in [-0.15, -0.1) is 0 Å². The number of hydrogen-bond acceptors (Lipinski definition) is 2. The fraction of sp³-hybridized carbons (Fsp3) is 0.462. The molecule has 0 amide bonds. The average molecular weight is 220 g/mol. The first-order valence-electron chi connectivity index (χ1n) is 5.47. The summed E-state index contributed by atoms with van der Waals surface area (Å²) in [5.41, 5.74) is 2.94. The number of aryl methyl sites for hydroxylation is 2. The van der Waals surface area contributed by atoms with Gasteiger partial charge in [-0.2, -0.15) is 0 Å². The molecule has 1 aromatic carbocycles. The van der Waals surface area contributed by atoms with Crippen molar-refractivity contribution in [2.45, 2.75) is 38.5 Å². The average Bonchev–Trinajstić information content (AvgIpc) is 2.81.